The quantitative estimate of drug-likeness (QED) is 0.546. The van der Waals surface area contributed by atoms with Crippen molar-refractivity contribution in [2.24, 2.45) is 0 Å². The molecular weight excluding hydrogens is 382 g/mol. The number of nitrogens with one attached hydrogen (secondary N) is 2. The van der Waals surface area contributed by atoms with Crippen molar-refractivity contribution in [3.8, 4) is 11.3 Å². The maximum absolute atomic E-state index is 12.8. The number of fused-ring (bicyclic) bond motifs is 1. The zero-order valence-corrected chi connectivity index (χ0v) is 16.0. The Labute approximate surface area is 171 Å². The topological polar surface area (TPSA) is 102 Å². The second kappa shape index (κ2) is 7.57. The van der Waals surface area contributed by atoms with Gasteiger partial charge in [-0.2, -0.15) is 5.10 Å². The van der Waals surface area contributed by atoms with Gasteiger partial charge in [0.05, 0.1) is 24.9 Å². The van der Waals surface area contributed by atoms with Gasteiger partial charge in [0.15, 0.2) is 0 Å². The number of para-hydroxylation sites is 1. The van der Waals surface area contributed by atoms with E-state index in [0.29, 0.717) is 24.6 Å². The Morgan fingerprint density at radius 2 is 1.93 bits per heavy atom. The van der Waals surface area contributed by atoms with E-state index in [1.807, 2.05) is 42.5 Å². The molecule has 0 aliphatic carbocycles. The third kappa shape index (κ3) is 3.37. The highest BCUT2D eigenvalue weighted by atomic mass is 16.5. The first-order chi connectivity index (χ1) is 14.7. The van der Waals surface area contributed by atoms with Crippen molar-refractivity contribution >= 4 is 16.8 Å². The zero-order valence-electron chi connectivity index (χ0n) is 16.0. The number of aromatic amines is 1. The van der Waals surface area contributed by atoms with Gasteiger partial charge in [-0.15, -0.1) is 0 Å². The average Bonchev–Trinajstić information content (AvgIpc) is 3.41. The maximum atomic E-state index is 12.8. The van der Waals surface area contributed by atoms with Crippen LogP contribution < -0.4 is 10.9 Å². The highest BCUT2D eigenvalue weighted by Gasteiger charge is 2.33. The lowest BCUT2D eigenvalue weighted by atomic mass is 10.1. The Morgan fingerprint density at radius 3 is 2.77 bits per heavy atom. The SMILES string of the molecule is O=C(NC1COCC1n1nc(-c2ccncc2)ccc1=O)c1cc2ccccc2[nH]1. The molecule has 1 aromatic carbocycles. The number of amides is 1. The Balaban J connectivity index is 1.41. The number of hydrogen-bond acceptors (Lipinski definition) is 5. The summed E-state index contributed by atoms with van der Waals surface area (Å²) in [5.74, 6) is -0.245. The van der Waals surface area contributed by atoms with Crippen LogP contribution in [0.2, 0.25) is 0 Å². The molecule has 1 saturated heterocycles. The predicted molar refractivity (Wildman–Crippen MR) is 111 cm³/mol. The zero-order chi connectivity index (χ0) is 20.5. The Bertz CT molecular complexity index is 1230. The largest absolute Gasteiger partial charge is 0.377 e. The van der Waals surface area contributed by atoms with Crippen LogP contribution in [0.1, 0.15) is 16.5 Å². The van der Waals surface area contributed by atoms with E-state index in [9.17, 15) is 9.59 Å². The molecule has 1 fully saturated rings. The van der Waals surface area contributed by atoms with Gasteiger partial charge in [-0.1, -0.05) is 18.2 Å². The van der Waals surface area contributed by atoms with E-state index in [0.717, 1.165) is 16.5 Å². The van der Waals surface area contributed by atoms with Gasteiger partial charge < -0.3 is 15.0 Å². The first-order valence-corrected chi connectivity index (χ1v) is 9.66. The van der Waals surface area contributed by atoms with Crippen LogP contribution in [-0.2, 0) is 4.74 Å². The van der Waals surface area contributed by atoms with Gasteiger partial charge in [-0.3, -0.25) is 14.6 Å². The minimum absolute atomic E-state index is 0.242. The van der Waals surface area contributed by atoms with E-state index in [1.165, 1.54) is 10.7 Å². The van der Waals surface area contributed by atoms with Crippen molar-refractivity contribution in [1.82, 2.24) is 25.1 Å². The summed E-state index contributed by atoms with van der Waals surface area (Å²) in [5.41, 5.74) is 2.63. The summed E-state index contributed by atoms with van der Waals surface area (Å²) in [6.45, 7) is 0.606. The molecule has 2 unspecified atom stereocenters. The minimum Gasteiger partial charge on any atom is -0.377 e. The van der Waals surface area contributed by atoms with Crippen molar-refractivity contribution in [2.45, 2.75) is 12.1 Å². The number of carbonyl (C=O) groups is 1. The number of aromatic nitrogens is 4. The molecule has 0 spiro atoms. The number of pyridine rings is 1. The van der Waals surface area contributed by atoms with Crippen LogP contribution in [0.15, 0.2) is 71.8 Å². The van der Waals surface area contributed by atoms with Crippen molar-refractivity contribution in [1.29, 1.82) is 0 Å². The third-order valence-corrected chi connectivity index (χ3v) is 5.26. The molecule has 150 valence electrons. The van der Waals surface area contributed by atoms with Crippen LogP contribution in [0.5, 0.6) is 0 Å². The highest BCUT2D eigenvalue weighted by Crippen LogP contribution is 2.21. The highest BCUT2D eigenvalue weighted by molar-refractivity contribution is 5.98. The number of H-pyrrole nitrogens is 1. The molecule has 1 aliphatic rings. The Hall–Kier alpha value is -3.78. The van der Waals surface area contributed by atoms with Gasteiger partial charge in [-0.05, 0) is 30.3 Å². The lowest BCUT2D eigenvalue weighted by molar-refractivity contribution is 0.0920. The fourth-order valence-electron chi connectivity index (χ4n) is 3.70. The fraction of sp³-hybridized carbons (Fsp3) is 0.182. The molecule has 1 aliphatic heterocycles. The number of rotatable bonds is 4. The van der Waals surface area contributed by atoms with Crippen LogP contribution in [0.25, 0.3) is 22.2 Å². The van der Waals surface area contributed by atoms with Gasteiger partial charge in [0.2, 0.25) is 0 Å². The fourth-order valence-corrected chi connectivity index (χ4v) is 3.70. The molecule has 2 atom stereocenters. The van der Waals surface area contributed by atoms with Gasteiger partial charge in [-0.25, -0.2) is 4.68 Å². The second-order valence-electron chi connectivity index (χ2n) is 7.19. The van der Waals surface area contributed by atoms with E-state index in [4.69, 9.17) is 4.74 Å². The number of ether oxygens (including phenoxy) is 1. The molecule has 4 heterocycles. The van der Waals surface area contributed by atoms with Crippen LogP contribution >= 0.6 is 0 Å². The summed E-state index contributed by atoms with van der Waals surface area (Å²) in [6, 6.07) is 15.6. The van der Waals surface area contributed by atoms with Crippen LogP contribution in [0, 0.1) is 0 Å². The first kappa shape index (κ1) is 18.3. The number of nitrogens with zero attached hydrogens (tertiary/aromatic N) is 3. The lowest BCUT2D eigenvalue weighted by Gasteiger charge is -2.20. The molecule has 8 nitrogen and oxygen atoms in total. The second-order valence-corrected chi connectivity index (χ2v) is 7.19. The van der Waals surface area contributed by atoms with E-state index >= 15 is 0 Å². The van der Waals surface area contributed by atoms with Crippen molar-refractivity contribution in [3.63, 3.8) is 0 Å². The van der Waals surface area contributed by atoms with Crippen molar-refractivity contribution in [3.05, 3.63) is 83.0 Å². The summed E-state index contributed by atoms with van der Waals surface area (Å²) >= 11 is 0. The van der Waals surface area contributed by atoms with Crippen LogP contribution in [0.3, 0.4) is 0 Å². The van der Waals surface area contributed by atoms with Gasteiger partial charge in [0, 0.05) is 34.9 Å². The first-order valence-electron chi connectivity index (χ1n) is 9.66. The van der Waals surface area contributed by atoms with Gasteiger partial charge >= 0.3 is 0 Å². The summed E-state index contributed by atoms with van der Waals surface area (Å²) in [7, 11) is 0. The van der Waals surface area contributed by atoms with E-state index in [-0.39, 0.29) is 17.5 Å². The van der Waals surface area contributed by atoms with Crippen molar-refractivity contribution in [2.75, 3.05) is 13.2 Å². The number of carbonyl (C=O) groups excluding carboxylic acids is 1. The molecule has 0 radical (unpaired) electrons. The van der Waals surface area contributed by atoms with Crippen LogP contribution in [-0.4, -0.2) is 44.9 Å². The molecule has 30 heavy (non-hydrogen) atoms. The monoisotopic (exact) mass is 401 g/mol. The standard InChI is InChI=1S/C22H19N5O3/c28-21-6-5-17(14-7-9-23-10-8-14)26-27(21)20-13-30-12-19(20)25-22(29)18-11-15-3-1-2-4-16(15)24-18/h1-11,19-20,24H,12-13H2,(H,25,29). The lowest BCUT2D eigenvalue weighted by Crippen LogP contribution is -2.44. The number of benzene rings is 1. The van der Waals surface area contributed by atoms with Crippen LogP contribution in [0.4, 0.5) is 0 Å². The van der Waals surface area contributed by atoms with Gasteiger partial charge in [0.25, 0.3) is 11.5 Å². The Morgan fingerprint density at radius 1 is 1.10 bits per heavy atom. The molecule has 5 rings (SSSR count). The summed E-state index contributed by atoms with van der Waals surface area (Å²) in [4.78, 5) is 32.5. The minimum atomic E-state index is -0.396. The molecule has 2 N–H and O–H groups in total. The molecule has 0 saturated carbocycles. The smallest absolute Gasteiger partial charge is 0.268 e. The number of hydrogen-bond donors (Lipinski definition) is 2. The third-order valence-electron chi connectivity index (χ3n) is 5.26. The molecule has 3 aromatic heterocycles. The molecular formula is C22H19N5O3. The van der Waals surface area contributed by atoms with Gasteiger partial charge in [0.1, 0.15) is 11.7 Å². The van der Waals surface area contributed by atoms with E-state index in [1.54, 1.807) is 18.5 Å². The Kier molecular flexibility index (Phi) is 4.61. The summed E-state index contributed by atoms with van der Waals surface area (Å²) < 4.78 is 6.99. The maximum Gasteiger partial charge on any atom is 0.268 e. The molecule has 8 heteroatoms. The van der Waals surface area contributed by atoms with Crippen molar-refractivity contribution < 1.29 is 9.53 Å². The molecule has 0 bridgehead atoms. The molecule has 4 aromatic rings. The average molecular weight is 401 g/mol. The molecule has 1 amide bonds. The predicted octanol–water partition coefficient (Wildman–Crippen LogP) is 2.16. The van der Waals surface area contributed by atoms with E-state index < -0.39 is 6.04 Å². The summed E-state index contributed by atoms with van der Waals surface area (Å²) in [5, 5.41) is 8.48. The summed E-state index contributed by atoms with van der Waals surface area (Å²) in [6.07, 6.45) is 3.35. The normalized spacial score (nSPS) is 18.5. The van der Waals surface area contributed by atoms with E-state index in [2.05, 4.69) is 20.4 Å².